The van der Waals surface area contributed by atoms with Crippen molar-refractivity contribution in [3.8, 4) is 0 Å². The summed E-state index contributed by atoms with van der Waals surface area (Å²) in [7, 11) is 0. The van der Waals surface area contributed by atoms with E-state index in [1.807, 2.05) is 6.07 Å². The minimum atomic E-state index is -0.788. The monoisotopic (exact) mass is 257 g/mol. The molecular formula is C10H12BrNO2. The van der Waals surface area contributed by atoms with E-state index in [1.165, 1.54) is 0 Å². The number of rotatable bonds is 3. The summed E-state index contributed by atoms with van der Waals surface area (Å²) in [4.78, 5) is 10.6. The van der Waals surface area contributed by atoms with Crippen LogP contribution in [0.5, 0.6) is 0 Å². The topological polar surface area (TPSA) is 63.3 Å². The van der Waals surface area contributed by atoms with Crippen molar-refractivity contribution >= 4 is 27.6 Å². The molecule has 0 aromatic heterocycles. The Morgan fingerprint density at radius 3 is 2.71 bits per heavy atom. The van der Waals surface area contributed by atoms with E-state index in [0.29, 0.717) is 12.1 Å². The molecule has 3 N–H and O–H groups in total. The van der Waals surface area contributed by atoms with Crippen molar-refractivity contribution in [2.45, 2.75) is 13.3 Å². The lowest BCUT2D eigenvalue weighted by Crippen LogP contribution is -2.12. The van der Waals surface area contributed by atoms with Gasteiger partial charge in [0.1, 0.15) is 0 Å². The van der Waals surface area contributed by atoms with Crippen LogP contribution in [-0.4, -0.2) is 11.1 Å². The highest BCUT2D eigenvalue weighted by molar-refractivity contribution is 9.10. The molecule has 1 aromatic rings. The number of carboxylic acids is 1. The van der Waals surface area contributed by atoms with Crippen LogP contribution < -0.4 is 5.73 Å². The van der Waals surface area contributed by atoms with Gasteiger partial charge in [-0.05, 0) is 30.2 Å². The number of hydrogen-bond donors (Lipinski definition) is 2. The number of benzene rings is 1. The predicted molar refractivity (Wildman–Crippen MR) is 59.1 cm³/mol. The number of aliphatic carboxylic acids is 1. The summed E-state index contributed by atoms with van der Waals surface area (Å²) in [6.07, 6.45) is 0.499. The van der Waals surface area contributed by atoms with Crippen molar-refractivity contribution in [2.75, 3.05) is 5.73 Å². The predicted octanol–water partition coefficient (Wildman–Crippen LogP) is 2.29. The van der Waals surface area contributed by atoms with E-state index in [2.05, 4.69) is 15.9 Å². The first-order valence-corrected chi connectivity index (χ1v) is 5.06. The van der Waals surface area contributed by atoms with Gasteiger partial charge in [0, 0.05) is 10.2 Å². The highest BCUT2D eigenvalue weighted by Gasteiger charge is 2.11. The van der Waals surface area contributed by atoms with Gasteiger partial charge in [-0.1, -0.05) is 22.9 Å². The third kappa shape index (κ3) is 3.03. The van der Waals surface area contributed by atoms with Crippen LogP contribution in [0.4, 0.5) is 5.69 Å². The Morgan fingerprint density at radius 2 is 2.21 bits per heavy atom. The van der Waals surface area contributed by atoms with E-state index in [4.69, 9.17) is 10.8 Å². The van der Waals surface area contributed by atoms with Crippen LogP contribution in [-0.2, 0) is 11.2 Å². The van der Waals surface area contributed by atoms with Crippen LogP contribution in [0.25, 0.3) is 0 Å². The van der Waals surface area contributed by atoms with Crippen LogP contribution in [0.15, 0.2) is 22.7 Å². The first kappa shape index (κ1) is 11.0. The number of carbonyl (C=O) groups is 1. The van der Waals surface area contributed by atoms with Crippen molar-refractivity contribution in [1.29, 1.82) is 0 Å². The maximum atomic E-state index is 10.6. The van der Waals surface area contributed by atoms with Gasteiger partial charge >= 0.3 is 5.97 Å². The molecule has 1 atom stereocenters. The van der Waals surface area contributed by atoms with E-state index < -0.39 is 5.97 Å². The lowest BCUT2D eigenvalue weighted by Gasteiger charge is -2.07. The Morgan fingerprint density at radius 1 is 1.57 bits per heavy atom. The van der Waals surface area contributed by atoms with Gasteiger partial charge in [0.15, 0.2) is 0 Å². The molecule has 0 radical (unpaired) electrons. The molecule has 1 rings (SSSR count). The maximum absolute atomic E-state index is 10.6. The molecule has 0 fully saturated rings. The van der Waals surface area contributed by atoms with Crippen molar-refractivity contribution in [1.82, 2.24) is 0 Å². The van der Waals surface area contributed by atoms with E-state index >= 15 is 0 Å². The maximum Gasteiger partial charge on any atom is 0.306 e. The fraction of sp³-hybridized carbons (Fsp3) is 0.300. The van der Waals surface area contributed by atoms with E-state index in [1.54, 1.807) is 19.1 Å². The number of nitrogens with two attached hydrogens (primary N) is 1. The molecule has 1 unspecified atom stereocenters. The first-order valence-electron chi connectivity index (χ1n) is 4.27. The van der Waals surface area contributed by atoms with Gasteiger partial charge in [-0.2, -0.15) is 0 Å². The lowest BCUT2D eigenvalue weighted by atomic mass is 10.0. The molecule has 0 saturated heterocycles. The van der Waals surface area contributed by atoms with Crippen molar-refractivity contribution < 1.29 is 9.90 Å². The molecule has 0 aliphatic carbocycles. The molecule has 3 nitrogen and oxygen atoms in total. The molecule has 0 saturated carbocycles. The second-order valence-corrected chi connectivity index (χ2v) is 4.25. The molecule has 0 amide bonds. The SMILES string of the molecule is CC(Cc1cc(N)cc(Br)c1)C(=O)O. The minimum absolute atomic E-state index is 0.385. The van der Waals surface area contributed by atoms with E-state index in [0.717, 1.165) is 10.0 Å². The van der Waals surface area contributed by atoms with Gasteiger partial charge in [-0.15, -0.1) is 0 Å². The number of nitrogen functional groups attached to an aromatic ring is 1. The Hall–Kier alpha value is -1.03. The fourth-order valence-corrected chi connectivity index (χ4v) is 1.79. The van der Waals surface area contributed by atoms with Crippen LogP contribution in [0.1, 0.15) is 12.5 Å². The molecule has 0 bridgehead atoms. The number of halogens is 1. The summed E-state index contributed by atoms with van der Waals surface area (Å²) < 4.78 is 0.880. The second kappa shape index (κ2) is 4.46. The standard InChI is InChI=1S/C10H12BrNO2/c1-6(10(13)14)2-7-3-8(11)5-9(12)4-7/h3-6H,2,12H2,1H3,(H,13,14). The minimum Gasteiger partial charge on any atom is -0.481 e. The molecule has 0 heterocycles. The number of carboxylic acid groups (broad SMARTS) is 1. The quantitative estimate of drug-likeness (QED) is 0.817. The van der Waals surface area contributed by atoms with Crippen molar-refractivity contribution in [3.63, 3.8) is 0 Å². The van der Waals surface area contributed by atoms with Crippen molar-refractivity contribution in [2.24, 2.45) is 5.92 Å². The van der Waals surface area contributed by atoms with Gasteiger partial charge in [-0.3, -0.25) is 4.79 Å². The second-order valence-electron chi connectivity index (χ2n) is 3.34. The summed E-state index contributed by atoms with van der Waals surface area (Å²) in [5.74, 6) is -1.17. The largest absolute Gasteiger partial charge is 0.481 e. The van der Waals surface area contributed by atoms with Crippen LogP contribution in [0, 0.1) is 5.92 Å². The zero-order valence-electron chi connectivity index (χ0n) is 7.83. The highest BCUT2D eigenvalue weighted by Crippen LogP contribution is 2.19. The third-order valence-electron chi connectivity index (χ3n) is 1.94. The van der Waals surface area contributed by atoms with Crippen LogP contribution in [0.2, 0.25) is 0 Å². The zero-order chi connectivity index (χ0) is 10.7. The molecule has 0 spiro atoms. The number of anilines is 1. The normalized spacial score (nSPS) is 12.4. The lowest BCUT2D eigenvalue weighted by molar-refractivity contribution is -0.141. The molecule has 0 aliphatic heterocycles. The summed E-state index contributed by atoms with van der Waals surface area (Å²) >= 11 is 3.31. The molecular weight excluding hydrogens is 246 g/mol. The average molecular weight is 258 g/mol. The summed E-state index contributed by atoms with van der Waals surface area (Å²) in [5.41, 5.74) is 7.22. The Bertz CT molecular complexity index is 332. The van der Waals surface area contributed by atoms with Crippen LogP contribution in [0.3, 0.4) is 0 Å². The molecule has 0 aliphatic rings. The summed E-state index contributed by atoms with van der Waals surface area (Å²) in [6.45, 7) is 1.68. The molecule has 1 aromatic carbocycles. The number of hydrogen-bond acceptors (Lipinski definition) is 2. The van der Waals surface area contributed by atoms with Gasteiger partial charge in [0.2, 0.25) is 0 Å². The van der Waals surface area contributed by atoms with Gasteiger partial charge in [0.05, 0.1) is 5.92 Å². The highest BCUT2D eigenvalue weighted by atomic mass is 79.9. The Labute approximate surface area is 91.1 Å². The van der Waals surface area contributed by atoms with E-state index in [9.17, 15) is 4.79 Å². The molecule has 76 valence electrons. The Balaban J connectivity index is 2.81. The molecule has 14 heavy (non-hydrogen) atoms. The zero-order valence-corrected chi connectivity index (χ0v) is 9.41. The summed E-state index contributed by atoms with van der Waals surface area (Å²) in [6, 6.07) is 5.47. The smallest absolute Gasteiger partial charge is 0.306 e. The van der Waals surface area contributed by atoms with Gasteiger partial charge < -0.3 is 10.8 Å². The van der Waals surface area contributed by atoms with Gasteiger partial charge in [0.25, 0.3) is 0 Å². The Kier molecular flexibility index (Phi) is 3.52. The fourth-order valence-electron chi connectivity index (χ4n) is 1.23. The summed E-state index contributed by atoms with van der Waals surface area (Å²) in [5, 5.41) is 8.74. The average Bonchev–Trinajstić information content (AvgIpc) is 2.01. The first-order chi connectivity index (χ1) is 6.49. The third-order valence-corrected chi connectivity index (χ3v) is 2.40. The van der Waals surface area contributed by atoms with E-state index in [-0.39, 0.29) is 5.92 Å². The van der Waals surface area contributed by atoms with Crippen molar-refractivity contribution in [3.05, 3.63) is 28.2 Å². The van der Waals surface area contributed by atoms with Crippen LogP contribution >= 0.6 is 15.9 Å². The van der Waals surface area contributed by atoms with Gasteiger partial charge in [-0.25, -0.2) is 0 Å². The molecule has 4 heteroatoms.